The Balaban J connectivity index is 2.89. The van der Waals surface area contributed by atoms with Gasteiger partial charge < -0.3 is 0 Å². The summed E-state index contributed by atoms with van der Waals surface area (Å²) in [4.78, 5) is 0. The largest absolute Gasteiger partial charge is 0.196 e. The van der Waals surface area contributed by atoms with Crippen molar-refractivity contribution in [2.75, 3.05) is 0 Å². The highest BCUT2D eigenvalue weighted by atomic mass is 15.4. The Morgan fingerprint density at radius 3 is 2.60 bits per heavy atom. The van der Waals surface area contributed by atoms with Crippen LogP contribution in [-0.4, -0.2) is 19.8 Å². The van der Waals surface area contributed by atoms with Gasteiger partial charge in [0.1, 0.15) is 6.07 Å². The highest BCUT2D eigenvalue weighted by Gasteiger charge is 2.12. The van der Waals surface area contributed by atoms with Gasteiger partial charge in [0.2, 0.25) is 0 Å². The first-order valence-electron chi connectivity index (χ1n) is 4.80. The lowest BCUT2D eigenvalue weighted by molar-refractivity contribution is 0.810. The van der Waals surface area contributed by atoms with Crippen molar-refractivity contribution in [3.8, 4) is 6.07 Å². The van der Waals surface area contributed by atoms with Crippen molar-refractivity contribution < 1.29 is 0 Å². The van der Waals surface area contributed by atoms with Crippen LogP contribution in [0.4, 0.5) is 0 Å². The molecule has 0 amide bonds. The zero-order valence-electron chi connectivity index (χ0n) is 8.94. The van der Waals surface area contributed by atoms with E-state index in [0.29, 0.717) is 5.69 Å². The molecule has 5 heteroatoms. The molecule has 0 bridgehead atoms. The van der Waals surface area contributed by atoms with Gasteiger partial charge in [-0.3, -0.25) is 0 Å². The third-order valence-electron chi connectivity index (χ3n) is 2.58. The second-order valence-electron chi connectivity index (χ2n) is 3.42. The van der Waals surface area contributed by atoms with E-state index >= 15 is 0 Å². The van der Waals surface area contributed by atoms with E-state index in [1.807, 2.05) is 20.8 Å². The molecule has 15 heavy (non-hydrogen) atoms. The molecule has 2 aromatic rings. The van der Waals surface area contributed by atoms with Crippen LogP contribution in [0.15, 0.2) is 0 Å². The maximum absolute atomic E-state index is 8.94. The summed E-state index contributed by atoms with van der Waals surface area (Å²) in [5.41, 5.74) is 3.02. The molecule has 76 valence electrons. The Morgan fingerprint density at radius 1 is 1.27 bits per heavy atom. The molecule has 0 unspecified atom stereocenters. The fourth-order valence-electron chi connectivity index (χ4n) is 1.50. The summed E-state index contributed by atoms with van der Waals surface area (Å²) in [5, 5.41) is 21.3. The van der Waals surface area contributed by atoms with Gasteiger partial charge in [-0.2, -0.15) is 14.9 Å². The normalized spacial score (nSPS) is 10.5. The van der Waals surface area contributed by atoms with Gasteiger partial charge in [0.25, 0.3) is 0 Å². The first-order valence-corrected chi connectivity index (χ1v) is 4.80. The molecule has 0 aromatic carbocycles. The van der Waals surface area contributed by atoms with Gasteiger partial charge in [0, 0.05) is 12.0 Å². The Morgan fingerprint density at radius 2 is 2.00 bits per heavy atom. The van der Waals surface area contributed by atoms with Gasteiger partial charge in [-0.25, -0.2) is 0 Å². The zero-order valence-corrected chi connectivity index (χ0v) is 8.94. The van der Waals surface area contributed by atoms with Gasteiger partial charge >= 0.3 is 0 Å². The van der Waals surface area contributed by atoms with Crippen LogP contribution >= 0.6 is 0 Å². The maximum Gasteiger partial charge on any atom is 0.181 e. The van der Waals surface area contributed by atoms with E-state index < -0.39 is 0 Å². The van der Waals surface area contributed by atoms with Gasteiger partial charge in [0.15, 0.2) is 17.2 Å². The van der Waals surface area contributed by atoms with Crippen molar-refractivity contribution in [2.45, 2.75) is 27.2 Å². The van der Waals surface area contributed by atoms with Crippen LogP contribution in [0.2, 0.25) is 0 Å². The minimum atomic E-state index is 0.439. The number of rotatable bonds is 1. The van der Waals surface area contributed by atoms with E-state index in [4.69, 9.17) is 5.26 Å². The Kier molecular flexibility index (Phi) is 2.12. The first kappa shape index (κ1) is 9.59. The number of aromatic nitrogens is 4. The third-order valence-corrected chi connectivity index (χ3v) is 2.58. The topological polar surface area (TPSA) is 66.9 Å². The quantitative estimate of drug-likeness (QED) is 0.694. The second kappa shape index (κ2) is 3.31. The average Bonchev–Trinajstić information content (AvgIpc) is 2.66. The van der Waals surface area contributed by atoms with E-state index in [1.54, 1.807) is 4.52 Å². The molecule has 0 aliphatic rings. The molecular formula is C10H11N5. The maximum atomic E-state index is 8.94. The van der Waals surface area contributed by atoms with Gasteiger partial charge in [-0.15, -0.1) is 10.2 Å². The smallest absolute Gasteiger partial charge is 0.181 e. The van der Waals surface area contributed by atoms with E-state index in [0.717, 1.165) is 29.0 Å². The van der Waals surface area contributed by atoms with E-state index in [2.05, 4.69) is 21.4 Å². The van der Waals surface area contributed by atoms with Crippen molar-refractivity contribution >= 4 is 5.65 Å². The molecule has 5 nitrogen and oxygen atoms in total. The Hall–Kier alpha value is -1.96. The molecule has 0 aliphatic carbocycles. The first-order chi connectivity index (χ1) is 7.19. The minimum Gasteiger partial charge on any atom is -0.196 e. The van der Waals surface area contributed by atoms with Crippen LogP contribution in [-0.2, 0) is 6.42 Å². The fourth-order valence-corrected chi connectivity index (χ4v) is 1.50. The molecular weight excluding hydrogens is 190 g/mol. The zero-order chi connectivity index (χ0) is 11.0. The number of aryl methyl sites for hydroxylation is 2. The lowest BCUT2D eigenvalue weighted by atomic mass is 10.1. The van der Waals surface area contributed by atoms with Crippen molar-refractivity contribution in [3.63, 3.8) is 0 Å². The lowest BCUT2D eigenvalue weighted by Gasteiger charge is -2.03. The monoisotopic (exact) mass is 201 g/mol. The number of fused-ring (bicyclic) bond motifs is 1. The summed E-state index contributed by atoms with van der Waals surface area (Å²) in [6.07, 6.45) is 0.752. The molecule has 0 fully saturated rings. The predicted octanol–water partition coefficient (Wildman–Crippen LogP) is 1.18. The van der Waals surface area contributed by atoms with Crippen LogP contribution in [0.3, 0.4) is 0 Å². The van der Waals surface area contributed by atoms with Crippen molar-refractivity contribution in [3.05, 3.63) is 22.6 Å². The predicted molar refractivity (Wildman–Crippen MR) is 54.3 cm³/mol. The van der Waals surface area contributed by atoms with Crippen molar-refractivity contribution in [1.29, 1.82) is 5.26 Å². The van der Waals surface area contributed by atoms with Gasteiger partial charge in [-0.1, -0.05) is 6.92 Å². The number of hydrogen-bond acceptors (Lipinski definition) is 4. The van der Waals surface area contributed by atoms with Crippen molar-refractivity contribution in [2.24, 2.45) is 0 Å². The van der Waals surface area contributed by atoms with Crippen LogP contribution in [0.1, 0.15) is 29.6 Å². The molecule has 0 spiro atoms. The van der Waals surface area contributed by atoms with E-state index in [1.165, 1.54) is 0 Å². The summed E-state index contributed by atoms with van der Waals surface area (Å²) in [6, 6.07) is 2.08. The van der Waals surface area contributed by atoms with Crippen LogP contribution < -0.4 is 0 Å². The van der Waals surface area contributed by atoms with Crippen LogP contribution in [0.25, 0.3) is 5.65 Å². The molecule has 0 saturated heterocycles. The number of hydrogen-bond donors (Lipinski definition) is 0. The fraction of sp³-hybridized carbons (Fsp3) is 0.400. The summed E-state index contributed by atoms with van der Waals surface area (Å²) in [5.74, 6) is 0.782. The summed E-state index contributed by atoms with van der Waals surface area (Å²) in [7, 11) is 0. The van der Waals surface area contributed by atoms with Crippen molar-refractivity contribution in [1.82, 2.24) is 19.8 Å². The number of nitrogens with zero attached hydrogens (tertiary/aromatic N) is 5. The van der Waals surface area contributed by atoms with Gasteiger partial charge in [0.05, 0.1) is 0 Å². The SMILES string of the molecule is CCc1nnc2c(C)c(C)c(C#N)nn12. The second-order valence-corrected chi connectivity index (χ2v) is 3.42. The standard InChI is InChI=1S/C10H11N5/c1-4-9-12-13-10-7(3)6(2)8(5-11)14-15(9)10/h4H2,1-3H3. The van der Waals surface area contributed by atoms with Crippen LogP contribution in [0.5, 0.6) is 0 Å². The lowest BCUT2D eigenvalue weighted by Crippen LogP contribution is -2.04. The van der Waals surface area contributed by atoms with E-state index in [-0.39, 0.29) is 0 Å². The van der Waals surface area contributed by atoms with E-state index in [9.17, 15) is 0 Å². The van der Waals surface area contributed by atoms with Gasteiger partial charge in [-0.05, 0) is 19.4 Å². The average molecular weight is 201 g/mol. The molecule has 0 aliphatic heterocycles. The van der Waals surface area contributed by atoms with Crippen LogP contribution in [0, 0.1) is 25.2 Å². The molecule has 0 N–H and O–H groups in total. The number of nitriles is 1. The summed E-state index contributed by atoms with van der Waals surface area (Å²) < 4.78 is 1.65. The Labute approximate surface area is 87.4 Å². The molecule has 2 aromatic heterocycles. The molecule has 2 heterocycles. The minimum absolute atomic E-state index is 0.439. The highest BCUT2D eigenvalue weighted by Crippen LogP contribution is 2.15. The highest BCUT2D eigenvalue weighted by molar-refractivity contribution is 5.52. The Bertz CT molecular complexity index is 561. The molecule has 0 radical (unpaired) electrons. The molecule has 2 rings (SSSR count). The summed E-state index contributed by atoms with van der Waals surface area (Å²) >= 11 is 0. The summed E-state index contributed by atoms with van der Waals surface area (Å²) in [6.45, 7) is 5.79. The third kappa shape index (κ3) is 1.26. The molecule has 0 atom stereocenters. The molecule has 0 saturated carbocycles.